The molecular formula is C10H12F2O. The molecule has 1 N–H and O–H groups in total. The fourth-order valence-corrected chi connectivity index (χ4v) is 1.33. The van der Waals surface area contributed by atoms with Gasteiger partial charge in [-0.15, -0.1) is 0 Å². The molecular weight excluding hydrogens is 174 g/mol. The summed E-state index contributed by atoms with van der Waals surface area (Å²) >= 11 is 0. The second kappa shape index (κ2) is 3.83. The van der Waals surface area contributed by atoms with Crippen molar-refractivity contribution in [1.29, 1.82) is 0 Å². The van der Waals surface area contributed by atoms with Gasteiger partial charge in [-0.3, -0.25) is 0 Å². The van der Waals surface area contributed by atoms with Gasteiger partial charge in [0, 0.05) is 0 Å². The van der Waals surface area contributed by atoms with Crippen molar-refractivity contribution in [2.24, 2.45) is 0 Å². The molecule has 0 fully saturated rings. The highest BCUT2D eigenvalue weighted by Crippen LogP contribution is 2.22. The number of hydrogen-bond donors (Lipinski definition) is 1. The Morgan fingerprint density at radius 2 is 1.54 bits per heavy atom. The monoisotopic (exact) mass is 186 g/mol. The van der Waals surface area contributed by atoms with Gasteiger partial charge in [-0.25, -0.2) is 8.78 Å². The Morgan fingerprint density at radius 3 is 1.92 bits per heavy atom. The van der Waals surface area contributed by atoms with E-state index in [-0.39, 0.29) is 5.56 Å². The first-order valence-electron chi connectivity index (χ1n) is 4.05. The highest BCUT2D eigenvalue weighted by atomic mass is 19.3. The highest BCUT2D eigenvalue weighted by molar-refractivity contribution is 5.30. The van der Waals surface area contributed by atoms with Gasteiger partial charge in [0.05, 0.1) is 0 Å². The van der Waals surface area contributed by atoms with E-state index in [1.165, 1.54) is 0 Å². The third-order valence-corrected chi connectivity index (χ3v) is 1.82. The number of rotatable bonds is 2. The smallest absolute Gasteiger partial charge is 0.268 e. The van der Waals surface area contributed by atoms with Gasteiger partial charge < -0.3 is 5.11 Å². The summed E-state index contributed by atoms with van der Waals surface area (Å²) in [5.74, 6) is 0. The summed E-state index contributed by atoms with van der Waals surface area (Å²) in [5.41, 5.74) is 2.05. The molecule has 1 unspecified atom stereocenters. The number of alkyl halides is 2. The van der Waals surface area contributed by atoms with E-state index in [2.05, 4.69) is 0 Å². The van der Waals surface area contributed by atoms with Gasteiger partial charge >= 0.3 is 0 Å². The molecule has 0 spiro atoms. The molecule has 1 aromatic carbocycles. The summed E-state index contributed by atoms with van der Waals surface area (Å²) in [6.45, 7) is 3.63. The van der Waals surface area contributed by atoms with Gasteiger partial charge in [0.25, 0.3) is 6.43 Å². The minimum Gasteiger partial charge on any atom is -0.382 e. The number of halogens is 2. The third kappa shape index (κ3) is 2.49. The molecule has 0 aliphatic carbocycles. The summed E-state index contributed by atoms with van der Waals surface area (Å²) in [5, 5.41) is 9.10. The van der Waals surface area contributed by atoms with Crippen LogP contribution in [0.4, 0.5) is 8.78 Å². The van der Waals surface area contributed by atoms with Gasteiger partial charge in [-0.2, -0.15) is 0 Å². The molecule has 1 rings (SSSR count). The Kier molecular flexibility index (Phi) is 2.98. The SMILES string of the molecule is Cc1cc(C)cc(C(O)C(F)F)c1. The molecule has 0 aliphatic heterocycles. The van der Waals surface area contributed by atoms with Crippen molar-refractivity contribution in [1.82, 2.24) is 0 Å². The maximum Gasteiger partial charge on any atom is 0.268 e. The quantitative estimate of drug-likeness (QED) is 0.752. The minimum atomic E-state index is -2.72. The Morgan fingerprint density at radius 1 is 1.08 bits per heavy atom. The lowest BCUT2D eigenvalue weighted by atomic mass is 10.0. The second-order valence-corrected chi connectivity index (χ2v) is 3.20. The molecule has 0 aliphatic rings. The van der Waals surface area contributed by atoms with E-state index in [9.17, 15) is 8.78 Å². The predicted molar refractivity (Wildman–Crippen MR) is 46.9 cm³/mol. The lowest BCUT2D eigenvalue weighted by molar-refractivity contribution is -0.00582. The fraction of sp³-hybridized carbons (Fsp3) is 0.400. The van der Waals surface area contributed by atoms with Crippen molar-refractivity contribution in [2.45, 2.75) is 26.4 Å². The molecule has 0 amide bonds. The number of aliphatic hydroxyl groups is 1. The first-order chi connectivity index (χ1) is 6.00. The Hall–Kier alpha value is -0.960. The van der Waals surface area contributed by atoms with Crippen LogP contribution in [0.15, 0.2) is 18.2 Å². The fourth-order valence-electron chi connectivity index (χ4n) is 1.33. The van der Waals surface area contributed by atoms with Gasteiger partial charge in [0.15, 0.2) is 0 Å². The van der Waals surface area contributed by atoms with Crippen LogP contribution >= 0.6 is 0 Å². The Bertz CT molecular complexity index is 277. The van der Waals surface area contributed by atoms with Crippen molar-refractivity contribution in [2.75, 3.05) is 0 Å². The van der Waals surface area contributed by atoms with Crippen LogP contribution in [0.25, 0.3) is 0 Å². The van der Waals surface area contributed by atoms with E-state index in [1.54, 1.807) is 12.1 Å². The number of hydrogen-bond acceptors (Lipinski definition) is 1. The van der Waals surface area contributed by atoms with Crippen molar-refractivity contribution in [3.8, 4) is 0 Å². The maximum atomic E-state index is 12.1. The normalized spacial score (nSPS) is 13.4. The first-order valence-corrected chi connectivity index (χ1v) is 4.05. The van der Waals surface area contributed by atoms with Crippen molar-refractivity contribution >= 4 is 0 Å². The van der Waals surface area contributed by atoms with Crippen LogP contribution in [0, 0.1) is 13.8 Å². The standard InChI is InChI=1S/C10H12F2O/c1-6-3-7(2)5-8(4-6)9(13)10(11)12/h3-5,9-10,13H,1-2H3. The van der Waals surface area contributed by atoms with E-state index >= 15 is 0 Å². The molecule has 13 heavy (non-hydrogen) atoms. The molecule has 1 aromatic rings. The van der Waals surface area contributed by atoms with E-state index in [4.69, 9.17) is 5.11 Å². The highest BCUT2D eigenvalue weighted by Gasteiger charge is 2.19. The lowest BCUT2D eigenvalue weighted by Gasteiger charge is -2.11. The molecule has 1 nitrogen and oxygen atoms in total. The summed E-state index contributed by atoms with van der Waals surface area (Å²) in [6.07, 6.45) is -4.39. The maximum absolute atomic E-state index is 12.1. The van der Waals surface area contributed by atoms with Crippen molar-refractivity contribution in [3.63, 3.8) is 0 Å². The lowest BCUT2D eigenvalue weighted by Crippen LogP contribution is -2.08. The van der Waals surface area contributed by atoms with Gasteiger partial charge in [0.1, 0.15) is 6.10 Å². The van der Waals surface area contributed by atoms with Gasteiger partial charge in [0.2, 0.25) is 0 Å². The van der Waals surface area contributed by atoms with Crippen LogP contribution in [0.5, 0.6) is 0 Å². The zero-order valence-corrected chi connectivity index (χ0v) is 7.59. The Labute approximate surface area is 76.0 Å². The molecule has 0 bridgehead atoms. The zero-order valence-electron chi connectivity index (χ0n) is 7.59. The van der Waals surface area contributed by atoms with E-state index in [1.807, 2.05) is 19.9 Å². The molecule has 0 saturated carbocycles. The van der Waals surface area contributed by atoms with E-state index in [0.717, 1.165) is 11.1 Å². The van der Waals surface area contributed by atoms with E-state index in [0.29, 0.717) is 0 Å². The number of aryl methyl sites for hydroxylation is 2. The summed E-state index contributed by atoms with van der Waals surface area (Å²) < 4.78 is 24.3. The predicted octanol–water partition coefficient (Wildman–Crippen LogP) is 2.60. The third-order valence-electron chi connectivity index (χ3n) is 1.82. The minimum absolute atomic E-state index is 0.285. The van der Waals surface area contributed by atoms with Crippen molar-refractivity contribution < 1.29 is 13.9 Å². The van der Waals surface area contributed by atoms with Crippen LogP contribution in [0.1, 0.15) is 22.8 Å². The average Bonchev–Trinajstić information content (AvgIpc) is 2.01. The zero-order chi connectivity index (χ0) is 10.0. The van der Waals surface area contributed by atoms with Crippen molar-refractivity contribution in [3.05, 3.63) is 34.9 Å². The second-order valence-electron chi connectivity index (χ2n) is 3.20. The molecule has 0 radical (unpaired) electrons. The van der Waals surface area contributed by atoms with Gasteiger partial charge in [-0.1, -0.05) is 29.3 Å². The van der Waals surface area contributed by atoms with Crippen LogP contribution in [0.3, 0.4) is 0 Å². The first kappa shape index (κ1) is 10.1. The number of aliphatic hydroxyl groups excluding tert-OH is 1. The molecule has 0 saturated heterocycles. The average molecular weight is 186 g/mol. The topological polar surface area (TPSA) is 20.2 Å². The van der Waals surface area contributed by atoms with E-state index < -0.39 is 12.5 Å². The summed E-state index contributed by atoms with van der Waals surface area (Å²) in [4.78, 5) is 0. The largest absolute Gasteiger partial charge is 0.382 e. The summed E-state index contributed by atoms with van der Waals surface area (Å²) in [7, 11) is 0. The molecule has 0 aromatic heterocycles. The molecule has 0 heterocycles. The van der Waals surface area contributed by atoms with Crippen LogP contribution < -0.4 is 0 Å². The molecule has 1 atom stereocenters. The van der Waals surface area contributed by atoms with Crippen LogP contribution in [-0.2, 0) is 0 Å². The summed E-state index contributed by atoms with van der Waals surface area (Å²) in [6, 6.07) is 5.02. The van der Waals surface area contributed by atoms with Crippen LogP contribution in [-0.4, -0.2) is 11.5 Å². The van der Waals surface area contributed by atoms with Crippen LogP contribution in [0.2, 0.25) is 0 Å². The molecule has 72 valence electrons. The Balaban J connectivity index is 3.01. The van der Waals surface area contributed by atoms with Gasteiger partial charge in [-0.05, 0) is 19.4 Å². The number of benzene rings is 1. The molecule has 3 heteroatoms.